The fourth-order valence-electron chi connectivity index (χ4n) is 6.14. The van der Waals surface area contributed by atoms with Crippen molar-refractivity contribution in [3.63, 3.8) is 0 Å². The van der Waals surface area contributed by atoms with Crippen LogP contribution >= 0.6 is 0 Å². The molecule has 5 rings (SSSR count). The molecule has 2 saturated heterocycles. The third-order valence-electron chi connectivity index (χ3n) is 8.26. The minimum Gasteiger partial charge on any atom is -0.480 e. The van der Waals surface area contributed by atoms with E-state index in [4.69, 9.17) is 4.74 Å². The van der Waals surface area contributed by atoms with Crippen LogP contribution in [0.3, 0.4) is 0 Å². The van der Waals surface area contributed by atoms with Crippen LogP contribution in [0, 0.1) is 11.7 Å². The number of rotatable bonds is 10. The second-order valence-corrected chi connectivity index (χ2v) is 11.0. The lowest BCUT2D eigenvalue weighted by Crippen LogP contribution is -2.36. The Hall–Kier alpha value is -2.72. The van der Waals surface area contributed by atoms with Crippen LogP contribution < -0.4 is 5.32 Å². The normalized spacial score (nSPS) is 22.7. The van der Waals surface area contributed by atoms with E-state index in [1.165, 1.54) is 16.5 Å². The zero-order chi connectivity index (χ0) is 27.4. The number of halogens is 3. The first kappa shape index (κ1) is 27.8. The van der Waals surface area contributed by atoms with Crippen molar-refractivity contribution in [1.29, 1.82) is 0 Å². The topological polar surface area (TPSA) is 87.6 Å². The number of likely N-dealkylation sites (tertiary alicyclic amines) is 1. The largest absolute Gasteiger partial charge is 0.480 e. The molecule has 7 nitrogen and oxygen atoms in total. The van der Waals surface area contributed by atoms with Crippen LogP contribution in [0.25, 0.3) is 0 Å². The minimum absolute atomic E-state index is 0.0660. The van der Waals surface area contributed by atoms with Gasteiger partial charge in [-0.3, -0.25) is 14.7 Å². The van der Waals surface area contributed by atoms with Crippen LogP contribution in [0.5, 0.6) is 0 Å². The van der Waals surface area contributed by atoms with Crippen LogP contribution in [0.15, 0.2) is 24.4 Å². The molecule has 0 bridgehead atoms. The van der Waals surface area contributed by atoms with E-state index in [2.05, 4.69) is 21.4 Å². The first-order valence-corrected chi connectivity index (χ1v) is 14.2. The van der Waals surface area contributed by atoms with Crippen molar-refractivity contribution in [2.75, 3.05) is 31.6 Å². The Morgan fingerprint density at radius 1 is 1.23 bits per heavy atom. The van der Waals surface area contributed by atoms with Gasteiger partial charge in [0.2, 0.25) is 0 Å². The van der Waals surface area contributed by atoms with Crippen molar-refractivity contribution in [2.24, 2.45) is 5.92 Å². The highest BCUT2D eigenvalue weighted by molar-refractivity contribution is 5.76. The number of carboxylic acid groups (broad SMARTS) is 1. The Morgan fingerprint density at radius 3 is 2.90 bits per heavy atom. The number of pyridine rings is 2. The number of nitrogens with one attached hydrogen (secondary N) is 1. The van der Waals surface area contributed by atoms with E-state index >= 15 is 8.78 Å². The highest BCUT2D eigenvalue weighted by Gasteiger charge is 2.46. The van der Waals surface area contributed by atoms with Crippen LogP contribution in [-0.4, -0.2) is 58.1 Å². The van der Waals surface area contributed by atoms with Crippen LogP contribution in [-0.2, 0) is 22.4 Å². The van der Waals surface area contributed by atoms with Gasteiger partial charge in [0.25, 0.3) is 5.92 Å². The number of nitrogens with zero attached hydrogens (tertiary/aromatic N) is 3. The summed E-state index contributed by atoms with van der Waals surface area (Å²) < 4.78 is 50.6. The van der Waals surface area contributed by atoms with Gasteiger partial charge in [-0.2, -0.15) is 0 Å². The van der Waals surface area contributed by atoms with Gasteiger partial charge in [0, 0.05) is 43.3 Å². The van der Waals surface area contributed by atoms with Crippen LogP contribution in [0.1, 0.15) is 86.0 Å². The minimum atomic E-state index is -2.92. The van der Waals surface area contributed by atoms with Gasteiger partial charge in [-0.1, -0.05) is 6.07 Å². The Morgan fingerprint density at radius 2 is 2.10 bits per heavy atom. The number of aryl methyl sites for hydroxylation is 2. The summed E-state index contributed by atoms with van der Waals surface area (Å²) in [6, 6.07) is 3.98. The SMILES string of the molecule is O=C(O)C(c1cc(F)cnc1[C@@H]1CCCCO1)N1CC[C@@H](C(F)(F)CCCCc2ccc3c(n2)NCCC3)C1. The molecule has 3 atom stereocenters. The monoisotopic (exact) mass is 546 g/mol. The highest BCUT2D eigenvalue weighted by Crippen LogP contribution is 2.41. The van der Waals surface area contributed by atoms with Gasteiger partial charge in [0.05, 0.1) is 18.0 Å². The molecule has 10 heteroatoms. The summed E-state index contributed by atoms with van der Waals surface area (Å²) in [5.74, 6) is -4.81. The summed E-state index contributed by atoms with van der Waals surface area (Å²) in [4.78, 5) is 22.8. The van der Waals surface area contributed by atoms with Gasteiger partial charge in [-0.05, 0) is 82.0 Å². The fourth-order valence-corrected chi connectivity index (χ4v) is 6.14. The van der Waals surface area contributed by atoms with E-state index in [-0.39, 0.29) is 31.5 Å². The number of anilines is 1. The summed E-state index contributed by atoms with van der Waals surface area (Å²) in [6.45, 7) is 1.56. The van der Waals surface area contributed by atoms with Crippen LogP contribution in [0.4, 0.5) is 19.0 Å². The van der Waals surface area contributed by atoms with Gasteiger partial charge in [-0.25, -0.2) is 18.2 Å². The number of alkyl halides is 2. The molecule has 3 aliphatic heterocycles. The number of hydrogen-bond acceptors (Lipinski definition) is 6. The number of fused-ring (bicyclic) bond motifs is 1. The second-order valence-electron chi connectivity index (χ2n) is 11.0. The first-order chi connectivity index (χ1) is 18.8. The lowest BCUT2D eigenvalue weighted by atomic mass is 9.94. The van der Waals surface area contributed by atoms with E-state index < -0.39 is 35.8 Å². The Labute approximate surface area is 227 Å². The maximum absolute atomic E-state index is 15.3. The number of carbonyl (C=O) groups is 1. The van der Waals surface area contributed by atoms with Gasteiger partial charge in [0.1, 0.15) is 17.7 Å². The molecule has 3 aliphatic rings. The molecule has 212 valence electrons. The van der Waals surface area contributed by atoms with Crippen molar-refractivity contribution in [2.45, 2.75) is 82.3 Å². The van der Waals surface area contributed by atoms with Crippen molar-refractivity contribution in [3.05, 3.63) is 52.7 Å². The molecular formula is C29H37F3N4O3. The first-order valence-electron chi connectivity index (χ1n) is 14.2. The van der Waals surface area contributed by atoms with E-state index in [1.54, 1.807) is 0 Å². The van der Waals surface area contributed by atoms with Crippen LogP contribution in [0.2, 0.25) is 0 Å². The van der Waals surface area contributed by atoms with Gasteiger partial charge in [-0.15, -0.1) is 0 Å². The van der Waals surface area contributed by atoms with E-state index in [1.807, 2.05) is 6.07 Å². The zero-order valence-electron chi connectivity index (χ0n) is 22.2. The molecule has 39 heavy (non-hydrogen) atoms. The smallest absolute Gasteiger partial charge is 0.325 e. The Balaban J connectivity index is 1.20. The summed E-state index contributed by atoms with van der Waals surface area (Å²) in [5.41, 5.74) is 2.70. The average molecular weight is 547 g/mol. The summed E-state index contributed by atoms with van der Waals surface area (Å²) in [5, 5.41) is 13.4. The standard InChI is InChI=1S/C29H37F3N4O3/c30-21-16-23(25(34-17-21)24-8-2-4-15-39-24)26(28(37)38)36-14-11-20(18-36)29(31,32)12-3-1-7-22-10-9-19-6-5-13-33-27(19)35-22/h9-10,16-17,20,24,26H,1-8,11-15,18H2,(H,33,35)(H,37,38)/t20-,24+,26?/m1/s1. The molecule has 2 N–H and O–H groups in total. The Bertz CT molecular complexity index is 1160. The van der Waals surface area contributed by atoms with E-state index in [0.717, 1.165) is 49.9 Å². The second kappa shape index (κ2) is 12.2. The third kappa shape index (κ3) is 6.54. The maximum atomic E-state index is 15.3. The molecule has 0 aromatic carbocycles. The molecule has 0 aliphatic carbocycles. The number of aliphatic carboxylic acids is 1. The predicted molar refractivity (Wildman–Crippen MR) is 140 cm³/mol. The van der Waals surface area contributed by atoms with Gasteiger partial charge >= 0.3 is 5.97 Å². The molecule has 0 saturated carbocycles. The molecule has 0 amide bonds. The number of unbranched alkanes of at least 4 members (excludes halogenated alkanes) is 1. The molecule has 0 spiro atoms. The zero-order valence-corrected chi connectivity index (χ0v) is 22.2. The summed E-state index contributed by atoms with van der Waals surface area (Å²) >= 11 is 0. The predicted octanol–water partition coefficient (Wildman–Crippen LogP) is 5.71. The molecule has 5 heterocycles. The number of ether oxygens (including phenoxy) is 1. The number of aromatic nitrogens is 2. The molecule has 2 fully saturated rings. The molecular weight excluding hydrogens is 509 g/mol. The summed E-state index contributed by atoms with van der Waals surface area (Å²) in [6.07, 6.45) is 6.74. The number of carboxylic acids is 1. The van der Waals surface area contributed by atoms with Crippen molar-refractivity contribution >= 4 is 11.8 Å². The third-order valence-corrected chi connectivity index (χ3v) is 8.26. The molecule has 0 radical (unpaired) electrons. The highest BCUT2D eigenvalue weighted by atomic mass is 19.3. The average Bonchev–Trinajstić information content (AvgIpc) is 3.42. The van der Waals surface area contributed by atoms with Gasteiger partial charge in [0.15, 0.2) is 0 Å². The van der Waals surface area contributed by atoms with Gasteiger partial charge < -0.3 is 15.2 Å². The van der Waals surface area contributed by atoms with E-state index in [0.29, 0.717) is 38.0 Å². The lowest BCUT2D eigenvalue weighted by Gasteiger charge is -2.30. The Kier molecular flexibility index (Phi) is 8.71. The summed E-state index contributed by atoms with van der Waals surface area (Å²) in [7, 11) is 0. The van der Waals surface area contributed by atoms with Crippen molar-refractivity contribution < 1.29 is 27.8 Å². The maximum Gasteiger partial charge on any atom is 0.325 e. The van der Waals surface area contributed by atoms with Crippen molar-refractivity contribution in [1.82, 2.24) is 14.9 Å². The molecule has 2 aromatic rings. The molecule has 2 aromatic heterocycles. The fraction of sp³-hybridized carbons (Fsp3) is 0.621. The quantitative estimate of drug-likeness (QED) is 0.369. The van der Waals surface area contributed by atoms with Crippen molar-refractivity contribution in [3.8, 4) is 0 Å². The molecule has 1 unspecified atom stereocenters. The number of hydrogen-bond donors (Lipinski definition) is 2. The lowest BCUT2D eigenvalue weighted by molar-refractivity contribution is -0.143. The van der Waals surface area contributed by atoms with E-state index in [9.17, 15) is 14.3 Å².